The molecule has 17 heavy (non-hydrogen) atoms. The second-order valence-corrected chi connectivity index (χ2v) is 3.24. The highest BCUT2D eigenvalue weighted by atomic mass is 127. The third-order valence-corrected chi connectivity index (χ3v) is 1.82. The molecule has 0 aromatic rings. The Kier molecular flexibility index (Phi) is 11.9. The summed E-state index contributed by atoms with van der Waals surface area (Å²) in [6.45, 7) is 4.58. The molecule has 2 N–H and O–H groups in total. The van der Waals surface area contributed by atoms with Crippen LogP contribution < -0.4 is 10.6 Å². The fraction of sp³-hybridized carbons (Fsp3) is 0.700. The van der Waals surface area contributed by atoms with Gasteiger partial charge in [0, 0.05) is 26.6 Å². The van der Waals surface area contributed by atoms with Gasteiger partial charge in [-0.25, -0.2) is 0 Å². The molecular formula is C10H19F3IN3. The van der Waals surface area contributed by atoms with Crippen molar-refractivity contribution in [3.05, 3.63) is 12.7 Å². The van der Waals surface area contributed by atoms with Crippen LogP contribution in [0.25, 0.3) is 0 Å². The van der Waals surface area contributed by atoms with Gasteiger partial charge in [-0.3, -0.25) is 4.99 Å². The van der Waals surface area contributed by atoms with Crippen LogP contribution in [0.4, 0.5) is 13.2 Å². The molecule has 0 saturated heterocycles. The Morgan fingerprint density at radius 3 is 2.41 bits per heavy atom. The average molecular weight is 365 g/mol. The standard InChI is InChI=1S/C10H18F3N3.HI/c1-3-7-15-9(14-2)16-8-5-4-6-10(11,12)13;/h3H,1,4-8H2,2H3,(H2,14,15,16);1H. The van der Waals surface area contributed by atoms with E-state index in [1.807, 2.05) is 0 Å². The Morgan fingerprint density at radius 1 is 1.29 bits per heavy atom. The fourth-order valence-electron chi connectivity index (χ4n) is 1.05. The number of nitrogens with one attached hydrogen (secondary N) is 2. The number of nitrogens with zero attached hydrogens (tertiary/aromatic N) is 1. The molecule has 0 bridgehead atoms. The van der Waals surface area contributed by atoms with Crippen LogP contribution >= 0.6 is 24.0 Å². The predicted octanol–water partition coefficient (Wildman–Crippen LogP) is 2.69. The number of unbranched alkanes of at least 4 members (excludes halogenated alkanes) is 1. The highest BCUT2D eigenvalue weighted by molar-refractivity contribution is 14.0. The maximum atomic E-state index is 11.8. The van der Waals surface area contributed by atoms with Gasteiger partial charge in [0.1, 0.15) is 0 Å². The molecular weight excluding hydrogens is 346 g/mol. The monoisotopic (exact) mass is 365 g/mol. The minimum atomic E-state index is -4.05. The predicted molar refractivity (Wildman–Crippen MR) is 74.9 cm³/mol. The first-order valence-electron chi connectivity index (χ1n) is 5.11. The Labute approximate surface area is 117 Å². The Hall–Kier alpha value is -0.470. The van der Waals surface area contributed by atoms with Crippen molar-refractivity contribution in [1.82, 2.24) is 10.6 Å². The molecule has 0 aromatic heterocycles. The Morgan fingerprint density at radius 2 is 1.94 bits per heavy atom. The van der Waals surface area contributed by atoms with Gasteiger partial charge in [0.25, 0.3) is 0 Å². The molecule has 0 amide bonds. The van der Waals surface area contributed by atoms with E-state index in [0.29, 0.717) is 25.5 Å². The van der Waals surface area contributed by atoms with E-state index < -0.39 is 12.6 Å². The van der Waals surface area contributed by atoms with Gasteiger partial charge in [-0.1, -0.05) is 6.08 Å². The average Bonchev–Trinajstić information content (AvgIpc) is 2.20. The summed E-state index contributed by atoms with van der Waals surface area (Å²) in [5.41, 5.74) is 0. The molecule has 0 radical (unpaired) electrons. The number of rotatable bonds is 6. The molecule has 0 aliphatic rings. The smallest absolute Gasteiger partial charge is 0.356 e. The molecule has 0 saturated carbocycles. The van der Waals surface area contributed by atoms with Crippen molar-refractivity contribution in [2.24, 2.45) is 4.99 Å². The van der Waals surface area contributed by atoms with Crippen LogP contribution in [0.3, 0.4) is 0 Å². The summed E-state index contributed by atoms with van der Waals surface area (Å²) >= 11 is 0. The molecule has 0 fully saturated rings. The van der Waals surface area contributed by atoms with Crippen molar-refractivity contribution in [3.63, 3.8) is 0 Å². The summed E-state index contributed by atoms with van der Waals surface area (Å²) in [5, 5.41) is 5.84. The Bertz CT molecular complexity index is 229. The van der Waals surface area contributed by atoms with Crippen LogP contribution in [0.5, 0.6) is 0 Å². The second kappa shape index (κ2) is 10.7. The minimum absolute atomic E-state index is 0. The molecule has 0 aliphatic heterocycles. The third-order valence-electron chi connectivity index (χ3n) is 1.82. The van der Waals surface area contributed by atoms with Gasteiger partial charge in [-0.05, 0) is 12.8 Å². The lowest BCUT2D eigenvalue weighted by Crippen LogP contribution is -2.37. The SMILES string of the molecule is C=CCNC(=NC)NCCCCC(F)(F)F.I. The first-order chi connectivity index (χ1) is 7.49. The van der Waals surface area contributed by atoms with Crippen LogP contribution in [-0.2, 0) is 0 Å². The van der Waals surface area contributed by atoms with Crippen molar-refractivity contribution in [1.29, 1.82) is 0 Å². The van der Waals surface area contributed by atoms with Gasteiger partial charge >= 0.3 is 6.18 Å². The summed E-state index contributed by atoms with van der Waals surface area (Å²) in [5.74, 6) is 0.576. The maximum Gasteiger partial charge on any atom is 0.389 e. The van der Waals surface area contributed by atoms with Gasteiger partial charge in [0.15, 0.2) is 5.96 Å². The number of hydrogen-bond acceptors (Lipinski definition) is 1. The fourth-order valence-corrected chi connectivity index (χ4v) is 1.05. The number of alkyl halides is 3. The van der Waals surface area contributed by atoms with Gasteiger partial charge in [0.05, 0.1) is 0 Å². The van der Waals surface area contributed by atoms with Crippen molar-refractivity contribution in [3.8, 4) is 0 Å². The van der Waals surface area contributed by atoms with Crippen molar-refractivity contribution in [2.45, 2.75) is 25.4 Å². The lowest BCUT2D eigenvalue weighted by molar-refractivity contribution is -0.135. The van der Waals surface area contributed by atoms with Crippen LogP contribution in [-0.4, -0.2) is 32.3 Å². The van der Waals surface area contributed by atoms with Gasteiger partial charge in [-0.2, -0.15) is 13.2 Å². The van der Waals surface area contributed by atoms with E-state index in [9.17, 15) is 13.2 Å². The van der Waals surface area contributed by atoms with E-state index >= 15 is 0 Å². The summed E-state index contributed by atoms with van der Waals surface area (Å²) in [4.78, 5) is 3.90. The normalized spacial score (nSPS) is 11.6. The second-order valence-electron chi connectivity index (χ2n) is 3.24. The van der Waals surface area contributed by atoms with Crippen molar-refractivity contribution >= 4 is 29.9 Å². The summed E-state index contributed by atoms with van der Waals surface area (Å²) in [7, 11) is 1.61. The molecule has 3 nitrogen and oxygen atoms in total. The highest BCUT2D eigenvalue weighted by Crippen LogP contribution is 2.21. The zero-order valence-electron chi connectivity index (χ0n) is 9.81. The van der Waals surface area contributed by atoms with E-state index in [0.717, 1.165) is 0 Å². The van der Waals surface area contributed by atoms with E-state index in [4.69, 9.17) is 0 Å². The summed E-state index contributed by atoms with van der Waals surface area (Å²) in [6.07, 6.45) is -2.50. The van der Waals surface area contributed by atoms with Crippen LogP contribution in [0.2, 0.25) is 0 Å². The highest BCUT2D eigenvalue weighted by Gasteiger charge is 2.25. The summed E-state index contributed by atoms with van der Waals surface area (Å²) < 4.78 is 35.4. The zero-order valence-corrected chi connectivity index (χ0v) is 12.1. The van der Waals surface area contributed by atoms with E-state index in [1.54, 1.807) is 13.1 Å². The molecule has 0 aromatic carbocycles. The molecule has 7 heteroatoms. The van der Waals surface area contributed by atoms with Gasteiger partial charge in [-0.15, -0.1) is 30.6 Å². The van der Waals surface area contributed by atoms with E-state index in [-0.39, 0.29) is 30.4 Å². The van der Waals surface area contributed by atoms with E-state index in [2.05, 4.69) is 22.2 Å². The molecule has 0 atom stereocenters. The van der Waals surface area contributed by atoms with Gasteiger partial charge in [0.2, 0.25) is 0 Å². The van der Waals surface area contributed by atoms with Crippen LogP contribution in [0.15, 0.2) is 17.6 Å². The van der Waals surface area contributed by atoms with Crippen LogP contribution in [0.1, 0.15) is 19.3 Å². The molecule has 0 rings (SSSR count). The summed E-state index contributed by atoms with van der Waals surface area (Å²) in [6, 6.07) is 0. The van der Waals surface area contributed by atoms with Gasteiger partial charge < -0.3 is 10.6 Å². The van der Waals surface area contributed by atoms with E-state index in [1.165, 1.54) is 0 Å². The number of guanidine groups is 1. The van der Waals surface area contributed by atoms with Crippen LogP contribution in [0, 0.1) is 0 Å². The topological polar surface area (TPSA) is 36.4 Å². The molecule has 0 aliphatic carbocycles. The first-order valence-corrected chi connectivity index (χ1v) is 5.11. The zero-order chi connectivity index (χ0) is 12.4. The van der Waals surface area contributed by atoms with Crippen molar-refractivity contribution in [2.75, 3.05) is 20.1 Å². The minimum Gasteiger partial charge on any atom is -0.356 e. The number of halogens is 4. The lowest BCUT2D eigenvalue weighted by atomic mass is 10.2. The first kappa shape index (κ1) is 18.9. The molecule has 0 heterocycles. The molecule has 0 unspecified atom stereocenters. The Balaban J connectivity index is 0. The number of hydrogen-bond donors (Lipinski definition) is 2. The molecule has 102 valence electrons. The van der Waals surface area contributed by atoms with Crippen molar-refractivity contribution < 1.29 is 13.2 Å². The molecule has 0 spiro atoms. The largest absolute Gasteiger partial charge is 0.389 e. The quantitative estimate of drug-likeness (QED) is 0.250. The maximum absolute atomic E-state index is 11.8. The third kappa shape index (κ3) is 13.5. The lowest BCUT2D eigenvalue weighted by Gasteiger charge is -2.10. The number of aliphatic imine (C=N–C) groups is 1.